The summed E-state index contributed by atoms with van der Waals surface area (Å²) >= 11 is 3.50. The Kier molecular flexibility index (Phi) is 17.9. The highest BCUT2D eigenvalue weighted by molar-refractivity contribution is 9.09. The molecule has 1 nitrogen and oxygen atoms in total. The summed E-state index contributed by atoms with van der Waals surface area (Å²) in [5, 5.41) is 1.17. The predicted octanol–water partition coefficient (Wildman–Crippen LogP) is 2.38. The van der Waals surface area contributed by atoms with Crippen LogP contribution in [0.5, 0.6) is 0 Å². The number of rotatable bonds is 13. The molecule has 0 bridgehead atoms. The molecule has 0 saturated carbocycles. The Morgan fingerprint density at radius 1 is 0.684 bits per heavy atom. The molecule has 0 amide bonds. The molecule has 0 aromatic heterocycles. The van der Waals surface area contributed by atoms with Gasteiger partial charge in [-0.15, -0.1) is 0 Å². The van der Waals surface area contributed by atoms with Crippen molar-refractivity contribution < 1.29 is 21.5 Å². The van der Waals surface area contributed by atoms with Gasteiger partial charge in [0.2, 0.25) is 0 Å². The van der Waals surface area contributed by atoms with Crippen LogP contribution in [0, 0.1) is 0 Å². The Balaban J connectivity index is 0. The first kappa shape index (κ1) is 22.2. The van der Waals surface area contributed by atoms with E-state index in [4.69, 9.17) is 0 Å². The summed E-state index contributed by atoms with van der Waals surface area (Å²) in [5.74, 6) is 0. The predicted molar refractivity (Wildman–Crippen MR) is 87.5 cm³/mol. The van der Waals surface area contributed by atoms with Crippen LogP contribution in [0.1, 0.15) is 71.1 Å². The first-order chi connectivity index (χ1) is 8.62. The van der Waals surface area contributed by atoms with Gasteiger partial charge in [0.05, 0.1) is 27.2 Å². The molecule has 0 aliphatic rings. The lowest BCUT2D eigenvalue weighted by atomic mass is 10.1. The van der Waals surface area contributed by atoms with Crippen LogP contribution in [0.4, 0.5) is 0 Å². The minimum absolute atomic E-state index is 0. The number of quaternary nitrogens is 1. The van der Waals surface area contributed by atoms with Gasteiger partial charge in [-0.1, -0.05) is 55.0 Å². The van der Waals surface area contributed by atoms with Crippen LogP contribution in [-0.2, 0) is 0 Å². The van der Waals surface area contributed by atoms with Gasteiger partial charge in [-0.2, -0.15) is 0 Å². The van der Waals surface area contributed by atoms with Crippen LogP contribution in [-0.4, -0.2) is 37.0 Å². The Hall–Kier alpha value is 0.920. The lowest BCUT2D eigenvalue weighted by molar-refractivity contribution is -0.890. The van der Waals surface area contributed by atoms with Crippen molar-refractivity contribution in [1.82, 2.24) is 0 Å². The molecular weight excluding hydrogens is 366 g/mol. The van der Waals surface area contributed by atoms with Gasteiger partial charge < -0.3 is 21.5 Å². The van der Waals surface area contributed by atoms with E-state index in [0.717, 1.165) is 0 Å². The highest BCUT2D eigenvalue weighted by Crippen LogP contribution is 2.10. The molecule has 3 heteroatoms. The maximum Gasteiger partial charge on any atom is 0.0782 e. The monoisotopic (exact) mass is 399 g/mol. The fourth-order valence-electron chi connectivity index (χ4n) is 2.42. The highest BCUT2D eigenvalue weighted by Gasteiger charge is 2.13. The van der Waals surface area contributed by atoms with Crippen LogP contribution in [0.15, 0.2) is 0 Å². The van der Waals surface area contributed by atoms with Crippen molar-refractivity contribution in [3.05, 3.63) is 0 Å². The Labute approximate surface area is 141 Å². The first-order valence-electron chi connectivity index (χ1n) is 8.00. The van der Waals surface area contributed by atoms with Crippen molar-refractivity contribution in [3.63, 3.8) is 0 Å². The van der Waals surface area contributed by atoms with Gasteiger partial charge >= 0.3 is 0 Å². The maximum atomic E-state index is 3.50. The van der Waals surface area contributed by atoms with Gasteiger partial charge in [0.15, 0.2) is 0 Å². The third kappa shape index (κ3) is 16.9. The van der Waals surface area contributed by atoms with Crippen LogP contribution in [0.2, 0.25) is 0 Å². The summed E-state index contributed by atoms with van der Waals surface area (Å²) in [6.07, 6.45) is 14.0. The minimum atomic E-state index is 0. The largest absolute Gasteiger partial charge is 1.00 e. The molecule has 0 fully saturated rings. The Morgan fingerprint density at radius 3 is 1.58 bits per heavy atom. The second-order valence-corrected chi connectivity index (χ2v) is 7.05. The number of nitrogens with zero attached hydrogens (tertiary/aromatic N) is 1. The highest BCUT2D eigenvalue weighted by atomic mass is 79.9. The van der Waals surface area contributed by atoms with Crippen molar-refractivity contribution in [2.45, 2.75) is 71.1 Å². The molecule has 0 aliphatic carbocycles. The summed E-state index contributed by atoms with van der Waals surface area (Å²) in [6, 6.07) is 0. The van der Waals surface area contributed by atoms with Crippen molar-refractivity contribution in [2.75, 3.05) is 32.5 Å². The number of unbranched alkanes of at least 4 members (excludes halogenated alkanes) is 8. The smallest absolute Gasteiger partial charge is 0.0782 e. The second kappa shape index (κ2) is 15.3. The lowest BCUT2D eigenvalue weighted by Crippen LogP contribution is -3.00. The maximum absolute atomic E-state index is 3.50. The van der Waals surface area contributed by atoms with E-state index in [2.05, 4.69) is 36.9 Å². The van der Waals surface area contributed by atoms with Crippen molar-refractivity contribution in [3.8, 4) is 0 Å². The lowest BCUT2D eigenvalue weighted by Gasteiger charge is -2.30. The molecule has 0 aliphatic heterocycles. The molecule has 0 unspecified atom stereocenters. The van der Waals surface area contributed by atoms with Gasteiger partial charge in [0.1, 0.15) is 0 Å². The van der Waals surface area contributed by atoms with E-state index in [0.29, 0.717) is 0 Å². The Morgan fingerprint density at radius 2 is 1.11 bits per heavy atom. The molecule has 0 saturated heterocycles. The first-order valence-corrected chi connectivity index (χ1v) is 9.12. The molecule has 0 rings (SSSR count). The Bertz CT molecular complexity index is 172. The molecular formula is C16H35Br2N. The fraction of sp³-hybridized carbons (Fsp3) is 1.00. The number of alkyl halides is 1. The van der Waals surface area contributed by atoms with E-state index in [1.807, 2.05) is 0 Å². The van der Waals surface area contributed by atoms with Crippen molar-refractivity contribution in [2.24, 2.45) is 0 Å². The van der Waals surface area contributed by atoms with E-state index in [-0.39, 0.29) is 17.0 Å². The van der Waals surface area contributed by atoms with E-state index in [9.17, 15) is 0 Å². The van der Waals surface area contributed by atoms with Crippen LogP contribution < -0.4 is 17.0 Å². The number of hydrogen-bond donors (Lipinski definition) is 0. The SMILES string of the molecule is CCCCCCCC[N+](C)(C)CCCCCCBr.[Br-]. The molecule has 0 spiro atoms. The normalized spacial score (nSPS) is 11.4. The van der Waals surface area contributed by atoms with Gasteiger partial charge in [-0.3, -0.25) is 0 Å². The minimum Gasteiger partial charge on any atom is -1.00 e. The summed E-state index contributed by atoms with van der Waals surface area (Å²) in [6.45, 7) is 5.01. The number of hydrogen-bond acceptors (Lipinski definition) is 0. The van der Waals surface area contributed by atoms with Crippen LogP contribution >= 0.6 is 15.9 Å². The topological polar surface area (TPSA) is 0 Å². The van der Waals surface area contributed by atoms with Crippen LogP contribution in [0.3, 0.4) is 0 Å². The van der Waals surface area contributed by atoms with Crippen molar-refractivity contribution in [1.29, 1.82) is 0 Å². The van der Waals surface area contributed by atoms with E-state index < -0.39 is 0 Å². The van der Waals surface area contributed by atoms with Gasteiger partial charge in [-0.25, -0.2) is 0 Å². The second-order valence-electron chi connectivity index (χ2n) is 6.25. The quantitative estimate of drug-likeness (QED) is 0.253. The summed E-state index contributed by atoms with van der Waals surface area (Å²) in [7, 11) is 4.80. The molecule has 118 valence electrons. The van der Waals surface area contributed by atoms with Gasteiger partial charge in [0.25, 0.3) is 0 Å². The summed E-state index contributed by atoms with van der Waals surface area (Å²) < 4.78 is 1.22. The molecule has 0 aromatic carbocycles. The number of halogens is 2. The molecule has 0 atom stereocenters. The van der Waals surface area contributed by atoms with Gasteiger partial charge in [0, 0.05) is 5.33 Å². The molecule has 0 radical (unpaired) electrons. The average molecular weight is 401 g/mol. The third-order valence-electron chi connectivity index (χ3n) is 3.76. The van der Waals surface area contributed by atoms with Crippen LogP contribution in [0.25, 0.3) is 0 Å². The summed E-state index contributed by atoms with van der Waals surface area (Å²) in [4.78, 5) is 0. The molecule has 0 N–H and O–H groups in total. The standard InChI is InChI=1S/C16H35BrN.BrH/c1-4-5-6-7-9-12-15-18(2,3)16-13-10-8-11-14-17;/h4-16H2,1-3H3;1H/q+1;/p-1. The third-order valence-corrected chi connectivity index (χ3v) is 4.32. The molecule has 19 heavy (non-hydrogen) atoms. The zero-order chi connectivity index (χ0) is 13.7. The van der Waals surface area contributed by atoms with E-state index in [1.165, 1.54) is 87.1 Å². The zero-order valence-corrected chi connectivity index (χ0v) is 16.6. The average Bonchev–Trinajstić information content (AvgIpc) is 2.33. The zero-order valence-electron chi connectivity index (χ0n) is 13.4. The van der Waals surface area contributed by atoms with Gasteiger partial charge in [-0.05, 0) is 32.1 Å². The van der Waals surface area contributed by atoms with E-state index >= 15 is 0 Å². The summed E-state index contributed by atoms with van der Waals surface area (Å²) in [5.41, 5.74) is 0. The molecule has 0 heterocycles. The van der Waals surface area contributed by atoms with E-state index in [1.54, 1.807) is 0 Å². The van der Waals surface area contributed by atoms with Crippen molar-refractivity contribution >= 4 is 15.9 Å². The fourth-order valence-corrected chi connectivity index (χ4v) is 2.82. The molecule has 0 aromatic rings.